The highest BCUT2D eigenvalue weighted by molar-refractivity contribution is 4.47. The Balaban J connectivity index is 0.000000252. The summed E-state index contributed by atoms with van der Waals surface area (Å²) in [7, 11) is 0. The van der Waals surface area contributed by atoms with Crippen molar-refractivity contribution in [2.45, 2.75) is 59.2 Å². The highest BCUT2D eigenvalue weighted by atomic mass is 16.7. The minimum absolute atomic E-state index is 0.0868. The van der Waals surface area contributed by atoms with E-state index in [2.05, 4.69) is 20.8 Å². The summed E-state index contributed by atoms with van der Waals surface area (Å²) in [5, 5.41) is 0. The van der Waals surface area contributed by atoms with Gasteiger partial charge < -0.3 is 9.47 Å². The molecular weight excluding hydrogens is 164 g/mol. The third kappa shape index (κ3) is 8.26. The van der Waals surface area contributed by atoms with Crippen LogP contribution in [-0.2, 0) is 9.47 Å². The van der Waals surface area contributed by atoms with Gasteiger partial charge in [-0.3, -0.25) is 0 Å². The molecule has 1 fully saturated rings. The van der Waals surface area contributed by atoms with E-state index in [1.807, 2.05) is 0 Å². The van der Waals surface area contributed by atoms with Crippen LogP contribution in [-0.4, -0.2) is 19.5 Å². The maximum Gasteiger partial charge on any atom is 0.157 e. The van der Waals surface area contributed by atoms with Crippen molar-refractivity contribution < 1.29 is 9.47 Å². The summed E-state index contributed by atoms with van der Waals surface area (Å²) in [6, 6.07) is 0. The van der Waals surface area contributed by atoms with Gasteiger partial charge >= 0.3 is 0 Å². The summed E-state index contributed by atoms with van der Waals surface area (Å²) in [6.45, 7) is 8.24. The summed E-state index contributed by atoms with van der Waals surface area (Å²) < 4.78 is 10.4. The molecule has 0 N–H and O–H groups in total. The Bertz CT molecular complexity index is 86.1. The molecule has 0 bridgehead atoms. The van der Waals surface area contributed by atoms with E-state index in [4.69, 9.17) is 9.47 Å². The molecule has 13 heavy (non-hydrogen) atoms. The number of hydrogen-bond donors (Lipinski definition) is 0. The van der Waals surface area contributed by atoms with Crippen molar-refractivity contribution in [2.75, 3.05) is 13.2 Å². The van der Waals surface area contributed by atoms with Crippen LogP contribution in [0.1, 0.15) is 52.9 Å². The minimum Gasteiger partial charge on any atom is -0.353 e. The van der Waals surface area contributed by atoms with Gasteiger partial charge in [-0.2, -0.15) is 0 Å². The molecule has 0 aromatic carbocycles. The van der Waals surface area contributed by atoms with Crippen LogP contribution in [0, 0.1) is 0 Å². The smallest absolute Gasteiger partial charge is 0.157 e. The molecule has 0 saturated carbocycles. The maximum atomic E-state index is 5.20. The molecular formula is C11H24O2. The van der Waals surface area contributed by atoms with Crippen molar-refractivity contribution in [2.24, 2.45) is 0 Å². The first-order valence-electron chi connectivity index (χ1n) is 5.58. The first-order valence-corrected chi connectivity index (χ1v) is 5.58. The van der Waals surface area contributed by atoms with Crippen LogP contribution in [0.15, 0.2) is 0 Å². The van der Waals surface area contributed by atoms with Crippen LogP contribution >= 0.6 is 0 Å². The van der Waals surface area contributed by atoms with Crippen LogP contribution in [0.2, 0.25) is 0 Å². The van der Waals surface area contributed by atoms with Gasteiger partial charge in [0.25, 0.3) is 0 Å². The zero-order valence-electron chi connectivity index (χ0n) is 9.34. The van der Waals surface area contributed by atoms with Crippen LogP contribution in [0.5, 0.6) is 0 Å². The van der Waals surface area contributed by atoms with E-state index in [0.29, 0.717) is 0 Å². The van der Waals surface area contributed by atoms with Crippen molar-refractivity contribution in [3.8, 4) is 0 Å². The molecule has 1 aliphatic rings. The lowest BCUT2D eigenvalue weighted by atomic mass is 10.3. The molecule has 1 aliphatic heterocycles. The van der Waals surface area contributed by atoms with Gasteiger partial charge in [0, 0.05) is 0 Å². The number of rotatable bonds is 3. The first kappa shape index (κ1) is 12.9. The molecule has 0 amide bonds. The van der Waals surface area contributed by atoms with E-state index in [1.54, 1.807) is 0 Å². The summed E-state index contributed by atoms with van der Waals surface area (Å²) in [5.41, 5.74) is 0. The van der Waals surface area contributed by atoms with E-state index in [-0.39, 0.29) is 6.29 Å². The van der Waals surface area contributed by atoms with Gasteiger partial charge in [0.1, 0.15) is 0 Å². The Hall–Kier alpha value is -0.0800. The predicted molar refractivity (Wildman–Crippen MR) is 55.8 cm³/mol. The zero-order chi connectivity index (χ0) is 9.94. The summed E-state index contributed by atoms with van der Waals surface area (Å²) in [5.74, 6) is 0. The molecule has 0 unspecified atom stereocenters. The minimum atomic E-state index is 0.0868. The SMILES string of the molecule is CCC1OCCCO1.CCCCC. The van der Waals surface area contributed by atoms with Crippen molar-refractivity contribution in [3.63, 3.8) is 0 Å². The van der Waals surface area contributed by atoms with Gasteiger partial charge in [-0.25, -0.2) is 0 Å². The lowest BCUT2D eigenvalue weighted by molar-refractivity contribution is -0.178. The second-order valence-electron chi connectivity index (χ2n) is 3.29. The van der Waals surface area contributed by atoms with Gasteiger partial charge in [0.2, 0.25) is 0 Å². The highest BCUT2D eigenvalue weighted by Gasteiger charge is 2.09. The average Bonchev–Trinajstić information content (AvgIpc) is 2.21. The lowest BCUT2D eigenvalue weighted by Crippen LogP contribution is -2.23. The topological polar surface area (TPSA) is 18.5 Å². The summed E-state index contributed by atoms with van der Waals surface area (Å²) >= 11 is 0. The van der Waals surface area contributed by atoms with Crippen LogP contribution < -0.4 is 0 Å². The van der Waals surface area contributed by atoms with E-state index in [9.17, 15) is 0 Å². The van der Waals surface area contributed by atoms with Gasteiger partial charge in [0.05, 0.1) is 13.2 Å². The van der Waals surface area contributed by atoms with Crippen LogP contribution in [0.4, 0.5) is 0 Å². The third-order valence-corrected chi connectivity index (χ3v) is 1.94. The molecule has 0 spiro atoms. The molecule has 2 nitrogen and oxygen atoms in total. The van der Waals surface area contributed by atoms with Crippen molar-refractivity contribution >= 4 is 0 Å². The second kappa shape index (κ2) is 10.0. The van der Waals surface area contributed by atoms with Crippen LogP contribution in [0.25, 0.3) is 0 Å². The third-order valence-electron chi connectivity index (χ3n) is 1.94. The monoisotopic (exact) mass is 188 g/mol. The van der Waals surface area contributed by atoms with Gasteiger partial charge in [-0.15, -0.1) is 0 Å². The molecule has 1 heterocycles. The molecule has 80 valence electrons. The maximum absolute atomic E-state index is 5.20. The molecule has 0 atom stereocenters. The molecule has 1 saturated heterocycles. The van der Waals surface area contributed by atoms with Crippen molar-refractivity contribution in [1.29, 1.82) is 0 Å². The average molecular weight is 188 g/mol. The van der Waals surface area contributed by atoms with Crippen molar-refractivity contribution in [3.05, 3.63) is 0 Å². The normalized spacial score (nSPS) is 17.8. The number of ether oxygens (including phenoxy) is 2. The van der Waals surface area contributed by atoms with Gasteiger partial charge in [-0.1, -0.05) is 40.0 Å². The fourth-order valence-corrected chi connectivity index (χ4v) is 1.13. The van der Waals surface area contributed by atoms with E-state index < -0.39 is 0 Å². The second-order valence-corrected chi connectivity index (χ2v) is 3.29. The van der Waals surface area contributed by atoms with E-state index in [0.717, 1.165) is 26.1 Å². The summed E-state index contributed by atoms with van der Waals surface area (Å²) in [4.78, 5) is 0. The Kier molecular flexibility index (Phi) is 9.94. The fraction of sp³-hybridized carbons (Fsp3) is 1.00. The Morgan fingerprint density at radius 3 is 1.77 bits per heavy atom. The Morgan fingerprint density at radius 2 is 1.54 bits per heavy atom. The van der Waals surface area contributed by atoms with Crippen molar-refractivity contribution in [1.82, 2.24) is 0 Å². The quantitative estimate of drug-likeness (QED) is 0.676. The lowest BCUT2D eigenvalue weighted by Gasteiger charge is -2.21. The van der Waals surface area contributed by atoms with E-state index in [1.165, 1.54) is 19.3 Å². The molecule has 2 heteroatoms. The molecule has 0 aliphatic carbocycles. The first-order chi connectivity index (χ1) is 6.35. The van der Waals surface area contributed by atoms with Gasteiger partial charge in [0.15, 0.2) is 6.29 Å². The molecule has 1 rings (SSSR count). The van der Waals surface area contributed by atoms with Crippen LogP contribution in [0.3, 0.4) is 0 Å². The number of unbranched alkanes of at least 4 members (excludes halogenated alkanes) is 2. The summed E-state index contributed by atoms with van der Waals surface area (Å²) in [6.07, 6.45) is 6.19. The van der Waals surface area contributed by atoms with E-state index >= 15 is 0 Å². The standard InChI is InChI=1S/C6H12O2.C5H12/c1-2-6-7-4-3-5-8-6;1-3-5-4-2/h6H,2-5H2,1H3;3-5H2,1-2H3. The highest BCUT2D eigenvalue weighted by Crippen LogP contribution is 2.06. The predicted octanol–water partition coefficient (Wildman–Crippen LogP) is 3.36. The molecule has 0 aromatic heterocycles. The Labute approximate surface area is 82.6 Å². The molecule has 0 radical (unpaired) electrons. The fourth-order valence-electron chi connectivity index (χ4n) is 1.13. The largest absolute Gasteiger partial charge is 0.353 e. The van der Waals surface area contributed by atoms with Gasteiger partial charge in [-0.05, 0) is 12.8 Å². The number of hydrogen-bond acceptors (Lipinski definition) is 2. The zero-order valence-corrected chi connectivity index (χ0v) is 9.34. The molecule has 0 aromatic rings. The Morgan fingerprint density at radius 1 is 1.00 bits per heavy atom.